The number of nitrogens with one attached hydrogen (secondary N) is 1. The Hall–Kier alpha value is -4.35. The number of amides is 2. The lowest BCUT2D eigenvalue weighted by atomic mass is 9.85. The van der Waals surface area contributed by atoms with Gasteiger partial charge in [0.25, 0.3) is 5.56 Å². The van der Waals surface area contributed by atoms with Crippen molar-refractivity contribution < 1.29 is 23.5 Å². The van der Waals surface area contributed by atoms with Crippen molar-refractivity contribution in [3.8, 4) is 0 Å². The van der Waals surface area contributed by atoms with Gasteiger partial charge in [0.05, 0.1) is 18.5 Å². The van der Waals surface area contributed by atoms with Crippen LogP contribution in [0.25, 0.3) is 11.0 Å². The predicted octanol–water partition coefficient (Wildman–Crippen LogP) is 4.46. The van der Waals surface area contributed by atoms with Crippen LogP contribution < -0.4 is 10.9 Å². The molecule has 0 radical (unpaired) electrons. The van der Waals surface area contributed by atoms with Gasteiger partial charge in [0.15, 0.2) is 5.67 Å². The number of carbonyl (C=O) groups is 3. The molecule has 3 aromatic rings. The van der Waals surface area contributed by atoms with Crippen molar-refractivity contribution in [3.05, 3.63) is 63.2 Å². The van der Waals surface area contributed by atoms with Crippen LogP contribution in [0, 0.1) is 0 Å². The molecule has 2 aromatic heterocycles. The molecule has 0 spiro atoms. The Morgan fingerprint density at radius 3 is 2.41 bits per heavy atom. The van der Waals surface area contributed by atoms with E-state index in [-0.39, 0.29) is 30.5 Å². The Morgan fingerprint density at radius 1 is 1.11 bits per heavy atom. The molecule has 44 heavy (non-hydrogen) atoms. The molecule has 2 amide bonds. The van der Waals surface area contributed by atoms with Gasteiger partial charge >= 0.3 is 6.09 Å². The van der Waals surface area contributed by atoms with E-state index >= 15 is 4.39 Å². The monoisotopic (exact) mass is 606 g/mol. The Kier molecular flexibility index (Phi) is 8.21. The third-order valence-corrected chi connectivity index (χ3v) is 8.43. The highest BCUT2D eigenvalue weighted by Gasteiger charge is 2.48. The normalized spacial score (nSPS) is 17.6. The van der Waals surface area contributed by atoms with Crippen LogP contribution in [0.4, 0.5) is 15.0 Å². The van der Waals surface area contributed by atoms with Gasteiger partial charge in [0.1, 0.15) is 29.7 Å². The lowest BCUT2D eigenvalue weighted by Crippen LogP contribution is -2.59. The molecule has 12 heteroatoms. The number of benzene rings is 1. The van der Waals surface area contributed by atoms with Crippen LogP contribution in [0.15, 0.2) is 35.4 Å². The van der Waals surface area contributed by atoms with Crippen LogP contribution in [-0.4, -0.2) is 74.4 Å². The number of hydrogen-bond donors (Lipinski definition) is 1. The number of aldehydes is 1. The van der Waals surface area contributed by atoms with Crippen molar-refractivity contribution >= 4 is 35.1 Å². The molecular formula is C32H39FN6O5. The number of pyridine rings is 1. The number of anilines is 1. The van der Waals surface area contributed by atoms with Gasteiger partial charge in [-0.1, -0.05) is 6.07 Å². The second-order valence-corrected chi connectivity index (χ2v) is 12.9. The van der Waals surface area contributed by atoms with Gasteiger partial charge in [-0.05, 0) is 75.8 Å². The highest BCUT2D eigenvalue weighted by molar-refractivity contribution is 5.87. The molecule has 1 N–H and O–H groups in total. The van der Waals surface area contributed by atoms with Gasteiger partial charge in [-0.3, -0.25) is 19.0 Å². The summed E-state index contributed by atoms with van der Waals surface area (Å²) in [5.74, 6) is 0.518. The van der Waals surface area contributed by atoms with Gasteiger partial charge < -0.3 is 19.9 Å². The van der Waals surface area contributed by atoms with E-state index < -0.39 is 23.4 Å². The summed E-state index contributed by atoms with van der Waals surface area (Å²) in [5.41, 5.74) is -0.253. The van der Waals surface area contributed by atoms with E-state index in [2.05, 4.69) is 15.3 Å². The number of nitrogens with zero attached hydrogens (tertiary/aromatic N) is 5. The smallest absolute Gasteiger partial charge is 0.410 e. The number of likely N-dealkylation sites (tertiary alicyclic amines) is 2. The minimum absolute atomic E-state index is 0.00511. The highest BCUT2D eigenvalue weighted by Crippen LogP contribution is 2.39. The minimum atomic E-state index is -1.82. The molecule has 234 valence electrons. The lowest BCUT2D eigenvalue weighted by molar-refractivity contribution is -0.129. The molecule has 1 atom stereocenters. The molecule has 1 aromatic carbocycles. The summed E-state index contributed by atoms with van der Waals surface area (Å²) in [6.45, 7) is 9.52. The number of fused-ring (bicyclic) bond motifs is 1. The summed E-state index contributed by atoms with van der Waals surface area (Å²) in [7, 11) is 1.68. The van der Waals surface area contributed by atoms with Crippen molar-refractivity contribution in [2.24, 2.45) is 7.05 Å². The predicted molar refractivity (Wildman–Crippen MR) is 163 cm³/mol. The summed E-state index contributed by atoms with van der Waals surface area (Å²) >= 11 is 0. The zero-order valence-electron chi connectivity index (χ0n) is 26.0. The molecule has 2 aliphatic rings. The second kappa shape index (κ2) is 11.6. The molecule has 0 bridgehead atoms. The van der Waals surface area contributed by atoms with E-state index in [1.54, 1.807) is 51.8 Å². The number of piperidine rings is 1. The Bertz CT molecular complexity index is 1670. The zero-order valence-corrected chi connectivity index (χ0v) is 26.0. The van der Waals surface area contributed by atoms with Gasteiger partial charge in [0, 0.05) is 44.2 Å². The van der Waals surface area contributed by atoms with E-state index in [9.17, 15) is 19.2 Å². The first-order valence-corrected chi connectivity index (χ1v) is 14.8. The standard InChI is InChI=1S/C32H39FN6O5/c1-19(23-11-21(15-40)12-24(13-23)32(33)16-39(17-32)30(43)44-31(3,4)5)36-27-26-14-25(22-7-9-38(10-8-22)20(2)41)29(42)37(6)28(26)35-18-34-27/h11-15,18-19,22H,7-10,16-17H2,1-6H3,(H,34,35,36)/t19-/m1/s1. The third-order valence-electron chi connectivity index (χ3n) is 8.43. The van der Waals surface area contributed by atoms with Crippen LogP contribution in [-0.2, 0) is 22.2 Å². The van der Waals surface area contributed by atoms with Gasteiger partial charge in [0.2, 0.25) is 5.91 Å². The molecule has 11 nitrogen and oxygen atoms in total. The number of rotatable bonds is 6. The molecular weight excluding hydrogens is 567 g/mol. The van der Waals surface area contributed by atoms with Gasteiger partial charge in [-0.25, -0.2) is 19.2 Å². The van der Waals surface area contributed by atoms with Crippen molar-refractivity contribution in [2.45, 2.75) is 70.7 Å². The Balaban J connectivity index is 1.41. The molecule has 0 saturated carbocycles. The van der Waals surface area contributed by atoms with Gasteiger partial charge in [-0.2, -0.15) is 0 Å². The number of hydrogen-bond acceptors (Lipinski definition) is 8. The summed E-state index contributed by atoms with van der Waals surface area (Å²) in [6, 6.07) is 6.33. The number of aromatic nitrogens is 3. The van der Waals surface area contributed by atoms with Crippen LogP contribution in [0.3, 0.4) is 0 Å². The SMILES string of the molecule is CC(=O)N1CCC(c2cc3c(N[C@H](C)c4cc(C=O)cc(C5(F)CN(C(=O)OC(C)(C)C)C5)c4)ncnc3n(C)c2=O)CC1. The first kappa shape index (κ1) is 31.1. The molecule has 0 unspecified atom stereocenters. The molecule has 0 aliphatic carbocycles. The maximum Gasteiger partial charge on any atom is 0.410 e. The van der Waals surface area contributed by atoms with E-state index in [0.717, 1.165) is 0 Å². The number of aryl methyl sites for hydroxylation is 1. The fourth-order valence-corrected chi connectivity index (χ4v) is 5.95. The fourth-order valence-electron chi connectivity index (χ4n) is 5.95. The van der Waals surface area contributed by atoms with Crippen LogP contribution >= 0.6 is 0 Å². The summed E-state index contributed by atoms with van der Waals surface area (Å²) in [5, 5.41) is 4.03. The molecule has 4 heterocycles. The highest BCUT2D eigenvalue weighted by atomic mass is 19.1. The second-order valence-electron chi connectivity index (χ2n) is 12.9. The molecule has 5 rings (SSSR count). The van der Waals surface area contributed by atoms with Gasteiger partial charge in [-0.15, -0.1) is 0 Å². The van der Waals surface area contributed by atoms with E-state index in [1.165, 1.54) is 21.9 Å². The first-order chi connectivity index (χ1) is 20.7. The summed E-state index contributed by atoms with van der Waals surface area (Å²) < 4.78 is 22.9. The quantitative estimate of drug-likeness (QED) is 0.408. The Labute approximate surface area is 255 Å². The van der Waals surface area contributed by atoms with Crippen molar-refractivity contribution in [3.63, 3.8) is 0 Å². The fraction of sp³-hybridized carbons (Fsp3) is 0.500. The largest absolute Gasteiger partial charge is 0.444 e. The number of halogens is 1. The number of alkyl halides is 1. The van der Waals surface area contributed by atoms with Crippen LogP contribution in [0.2, 0.25) is 0 Å². The maximum atomic E-state index is 16.0. The van der Waals surface area contributed by atoms with Crippen LogP contribution in [0.1, 0.15) is 86.5 Å². The van der Waals surface area contributed by atoms with E-state index in [1.807, 2.05) is 13.0 Å². The van der Waals surface area contributed by atoms with Crippen molar-refractivity contribution in [2.75, 3.05) is 31.5 Å². The summed E-state index contributed by atoms with van der Waals surface area (Å²) in [4.78, 5) is 61.3. The average molecular weight is 607 g/mol. The first-order valence-electron chi connectivity index (χ1n) is 14.8. The van der Waals surface area contributed by atoms with Crippen molar-refractivity contribution in [1.29, 1.82) is 0 Å². The van der Waals surface area contributed by atoms with Crippen molar-refractivity contribution in [1.82, 2.24) is 24.3 Å². The van der Waals surface area contributed by atoms with E-state index in [0.29, 0.717) is 71.3 Å². The maximum absolute atomic E-state index is 16.0. The molecule has 2 aliphatic heterocycles. The average Bonchev–Trinajstić information content (AvgIpc) is 2.96. The molecule has 2 fully saturated rings. The topological polar surface area (TPSA) is 127 Å². The number of carbonyl (C=O) groups excluding carboxylic acids is 3. The zero-order chi connectivity index (χ0) is 32.0. The Morgan fingerprint density at radius 2 is 1.80 bits per heavy atom. The third kappa shape index (κ3) is 6.15. The summed E-state index contributed by atoms with van der Waals surface area (Å²) in [6.07, 6.45) is 2.84. The lowest BCUT2D eigenvalue weighted by Gasteiger charge is -2.44. The minimum Gasteiger partial charge on any atom is -0.444 e. The number of ether oxygens (including phenoxy) is 1. The molecule has 2 saturated heterocycles. The van der Waals surface area contributed by atoms with E-state index in [4.69, 9.17) is 4.74 Å². The van der Waals surface area contributed by atoms with Crippen LogP contribution in [0.5, 0.6) is 0 Å².